The fourth-order valence-corrected chi connectivity index (χ4v) is 4.93. The van der Waals surface area contributed by atoms with Crippen LogP contribution in [0.15, 0.2) is 0 Å². The van der Waals surface area contributed by atoms with E-state index in [0.29, 0.717) is 13.2 Å². The maximum Gasteiger partial charge on any atom is 0.407 e. The fourth-order valence-electron chi connectivity index (χ4n) is 3.89. The maximum absolute atomic E-state index is 13.6. The Bertz CT molecular complexity index is 635. The van der Waals surface area contributed by atoms with Crippen LogP contribution in [0.3, 0.4) is 0 Å². The highest BCUT2D eigenvalue weighted by atomic mass is 28.4. The molecule has 0 radical (unpaired) electrons. The van der Waals surface area contributed by atoms with E-state index in [1.54, 1.807) is 4.90 Å². The van der Waals surface area contributed by atoms with Gasteiger partial charge in [-0.05, 0) is 31.0 Å². The van der Waals surface area contributed by atoms with Crippen molar-refractivity contribution in [2.45, 2.75) is 82.0 Å². The molecule has 0 aromatic heterocycles. The van der Waals surface area contributed by atoms with Gasteiger partial charge < -0.3 is 19.7 Å². The fraction of sp³-hybridized carbons (Fsp3) is 0.895. The van der Waals surface area contributed by atoms with E-state index in [2.05, 4.69) is 39.2 Å². The molecule has 3 fully saturated rings. The van der Waals surface area contributed by atoms with Crippen LogP contribution < -0.4 is 5.32 Å². The number of hydrogen-bond acceptors (Lipinski definition) is 4. The molecule has 0 unspecified atom stereocenters. The highest BCUT2D eigenvalue weighted by Gasteiger charge is 2.57. The number of hydrogen-bond donors (Lipinski definition) is 2. The van der Waals surface area contributed by atoms with Crippen molar-refractivity contribution >= 4 is 20.3 Å². The molecular weight excluding hydrogens is 381 g/mol. The molecule has 1 spiro atoms. The van der Waals surface area contributed by atoms with Gasteiger partial charge in [0.1, 0.15) is 6.17 Å². The van der Waals surface area contributed by atoms with E-state index in [1.807, 2.05) is 0 Å². The number of amides is 2. The van der Waals surface area contributed by atoms with Gasteiger partial charge in [-0.15, -0.1) is 0 Å². The first-order valence-corrected chi connectivity index (χ1v) is 13.1. The number of halogens is 1. The topological polar surface area (TPSA) is 82.1 Å². The Morgan fingerprint density at radius 1 is 1.32 bits per heavy atom. The van der Waals surface area contributed by atoms with Crippen molar-refractivity contribution in [2.75, 3.05) is 26.2 Å². The molecule has 3 rings (SSSR count). The third kappa shape index (κ3) is 4.07. The van der Waals surface area contributed by atoms with Crippen LogP contribution in [-0.4, -0.2) is 85.3 Å². The summed E-state index contributed by atoms with van der Waals surface area (Å²) >= 11 is 0. The second-order valence-electron chi connectivity index (χ2n) is 10.1. The first-order chi connectivity index (χ1) is 12.9. The van der Waals surface area contributed by atoms with Gasteiger partial charge in [-0.3, -0.25) is 9.69 Å². The van der Waals surface area contributed by atoms with Crippen LogP contribution >= 0.6 is 0 Å². The third-order valence-corrected chi connectivity index (χ3v) is 11.5. The predicted molar refractivity (Wildman–Crippen MR) is 107 cm³/mol. The lowest BCUT2D eigenvalue weighted by molar-refractivity contribution is -0.141. The summed E-state index contributed by atoms with van der Waals surface area (Å²) in [6, 6.07) is -0.873. The highest BCUT2D eigenvalue weighted by Crippen LogP contribution is 2.46. The lowest BCUT2D eigenvalue weighted by Crippen LogP contribution is -2.66. The van der Waals surface area contributed by atoms with Gasteiger partial charge in [0.2, 0.25) is 5.91 Å². The van der Waals surface area contributed by atoms with E-state index in [0.717, 1.165) is 12.8 Å². The second-order valence-corrected chi connectivity index (χ2v) is 14.9. The van der Waals surface area contributed by atoms with Gasteiger partial charge in [-0.25, -0.2) is 9.18 Å². The lowest BCUT2D eigenvalue weighted by atomic mass is 10.0. The number of alkyl halides is 1. The molecule has 3 atom stereocenters. The molecule has 160 valence electrons. The molecule has 1 aliphatic carbocycles. The molecular formula is C19H34FN3O4Si. The molecule has 0 bridgehead atoms. The predicted octanol–water partition coefficient (Wildman–Crippen LogP) is 2.43. The summed E-state index contributed by atoms with van der Waals surface area (Å²) in [5.74, 6) is -0.125. The first kappa shape index (κ1) is 21.5. The third-order valence-electron chi connectivity index (χ3n) is 7.03. The number of rotatable bonds is 4. The molecule has 1 saturated carbocycles. The Labute approximate surface area is 167 Å². The number of nitrogens with one attached hydrogen (secondary N) is 1. The van der Waals surface area contributed by atoms with Crippen LogP contribution in [0.2, 0.25) is 18.1 Å². The molecule has 7 nitrogen and oxygen atoms in total. The molecule has 2 saturated heterocycles. The van der Waals surface area contributed by atoms with Crippen LogP contribution in [0, 0.1) is 0 Å². The van der Waals surface area contributed by atoms with Gasteiger partial charge in [-0.2, -0.15) is 0 Å². The molecule has 2 N–H and O–H groups in total. The van der Waals surface area contributed by atoms with Crippen LogP contribution in [0.4, 0.5) is 9.18 Å². The Morgan fingerprint density at radius 2 is 1.96 bits per heavy atom. The van der Waals surface area contributed by atoms with Crippen LogP contribution in [0.25, 0.3) is 0 Å². The minimum atomic E-state index is -2.04. The molecule has 2 amide bonds. The van der Waals surface area contributed by atoms with E-state index in [4.69, 9.17) is 4.43 Å². The van der Waals surface area contributed by atoms with Crippen LogP contribution in [0.5, 0.6) is 0 Å². The Morgan fingerprint density at radius 3 is 2.43 bits per heavy atom. The van der Waals surface area contributed by atoms with Crippen LogP contribution in [-0.2, 0) is 9.22 Å². The Balaban J connectivity index is 1.78. The van der Waals surface area contributed by atoms with E-state index in [9.17, 15) is 19.1 Å². The summed E-state index contributed by atoms with van der Waals surface area (Å²) in [5.41, 5.74) is -0.470. The van der Waals surface area contributed by atoms with Gasteiger partial charge in [0.25, 0.3) is 0 Å². The second kappa shape index (κ2) is 7.25. The first-order valence-electron chi connectivity index (χ1n) is 10.2. The monoisotopic (exact) mass is 415 g/mol. The van der Waals surface area contributed by atoms with Crippen molar-refractivity contribution in [1.29, 1.82) is 0 Å². The van der Waals surface area contributed by atoms with Crippen molar-refractivity contribution in [1.82, 2.24) is 15.1 Å². The average molecular weight is 416 g/mol. The number of piperazine rings is 1. The van der Waals surface area contributed by atoms with E-state index >= 15 is 0 Å². The quantitative estimate of drug-likeness (QED) is 0.689. The maximum atomic E-state index is 13.6. The van der Waals surface area contributed by atoms with E-state index in [-0.39, 0.29) is 36.5 Å². The highest BCUT2D eigenvalue weighted by molar-refractivity contribution is 6.74. The number of carboxylic acid groups (broad SMARTS) is 1. The zero-order chi connectivity index (χ0) is 20.9. The van der Waals surface area contributed by atoms with Crippen molar-refractivity contribution in [3.63, 3.8) is 0 Å². The molecule has 2 aliphatic heterocycles. The Kier molecular flexibility index (Phi) is 5.57. The normalized spacial score (nSPS) is 30.0. The summed E-state index contributed by atoms with van der Waals surface area (Å²) < 4.78 is 20.0. The Hall–Kier alpha value is -1.19. The van der Waals surface area contributed by atoms with Crippen molar-refractivity contribution in [2.24, 2.45) is 0 Å². The number of carbonyl (C=O) groups excluding carboxylic acids is 1. The van der Waals surface area contributed by atoms with Crippen molar-refractivity contribution in [3.8, 4) is 0 Å². The smallest absolute Gasteiger partial charge is 0.407 e. The largest absolute Gasteiger partial charge is 0.465 e. The average Bonchev–Trinajstić information content (AvgIpc) is 3.21. The number of carbonyl (C=O) groups is 2. The zero-order valence-corrected chi connectivity index (χ0v) is 18.6. The summed E-state index contributed by atoms with van der Waals surface area (Å²) in [6.07, 6.45) is -0.234. The van der Waals surface area contributed by atoms with E-state index in [1.165, 1.54) is 4.90 Å². The summed E-state index contributed by atoms with van der Waals surface area (Å²) in [4.78, 5) is 28.2. The van der Waals surface area contributed by atoms with E-state index < -0.39 is 32.2 Å². The SMILES string of the molecule is CC(C)(C)[Si](C)(C)OC[C@H]1CN(C(=O)O)C2(CC2)CN1C(=O)[C@@H]1C[C@@H](F)CN1. The zero-order valence-electron chi connectivity index (χ0n) is 17.6. The molecule has 9 heteroatoms. The van der Waals surface area contributed by atoms with Crippen molar-refractivity contribution in [3.05, 3.63) is 0 Å². The van der Waals surface area contributed by atoms with Gasteiger partial charge in [0.15, 0.2) is 8.32 Å². The standard InChI is InChI=1S/C19H34FN3O4Si/c1-18(2,3)28(4,5)27-11-14-10-23(17(25)26)19(6-7-19)12-22(14)16(24)15-8-13(20)9-21-15/h13-15,21H,6-12H2,1-5H3,(H,25,26)/t13-,14-,15+/m1/s1. The summed E-state index contributed by atoms with van der Waals surface area (Å²) in [7, 11) is -2.04. The summed E-state index contributed by atoms with van der Waals surface area (Å²) in [6.45, 7) is 11.9. The molecule has 2 heterocycles. The van der Waals surface area contributed by atoms with Gasteiger partial charge >= 0.3 is 6.09 Å². The molecule has 0 aromatic rings. The van der Waals surface area contributed by atoms with Gasteiger partial charge in [0.05, 0.1) is 24.2 Å². The van der Waals surface area contributed by atoms with Gasteiger partial charge in [0, 0.05) is 26.1 Å². The van der Waals surface area contributed by atoms with Crippen molar-refractivity contribution < 1.29 is 23.5 Å². The molecule has 28 heavy (non-hydrogen) atoms. The van der Waals surface area contributed by atoms with Gasteiger partial charge in [-0.1, -0.05) is 20.8 Å². The summed E-state index contributed by atoms with van der Waals surface area (Å²) in [5, 5.41) is 12.7. The minimum Gasteiger partial charge on any atom is -0.465 e. The minimum absolute atomic E-state index is 0.0230. The molecule has 0 aromatic carbocycles. The lowest BCUT2D eigenvalue weighted by Gasteiger charge is -2.47. The van der Waals surface area contributed by atoms with Crippen LogP contribution in [0.1, 0.15) is 40.0 Å². The number of nitrogens with zero attached hydrogens (tertiary/aromatic N) is 2. The molecule has 3 aliphatic rings.